The highest BCUT2D eigenvalue weighted by molar-refractivity contribution is 6.11. The van der Waals surface area contributed by atoms with Crippen molar-refractivity contribution in [3.05, 3.63) is 47.7 Å². The lowest BCUT2D eigenvalue weighted by Crippen LogP contribution is -2.39. The Balaban J connectivity index is 1.98. The number of ether oxygens (including phenoxy) is 1. The van der Waals surface area contributed by atoms with Crippen molar-refractivity contribution >= 4 is 11.6 Å². The van der Waals surface area contributed by atoms with E-state index in [0.717, 1.165) is 11.3 Å². The molecule has 19 heavy (non-hydrogen) atoms. The third-order valence-corrected chi connectivity index (χ3v) is 3.40. The molecule has 0 bridgehead atoms. The summed E-state index contributed by atoms with van der Waals surface area (Å²) < 4.78 is 5.88. The maximum Gasteiger partial charge on any atom is 0.250 e. The fourth-order valence-corrected chi connectivity index (χ4v) is 2.50. The van der Waals surface area contributed by atoms with Gasteiger partial charge in [0.15, 0.2) is 5.60 Å². The molecular weight excluding hydrogens is 242 g/mol. The van der Waals surface area contributed by atoms with E-state index in [1.165, 1.54) is 0 Å². The molecule has 3 N–H and O–H groups in total. The second-order valence-corrected chi connectivity index (χ2v) is 4.51. The zero-order valence-corrected chi connectivity index (χ0v) is 10.4. The monoisotopic (exact) mass is 257 g/mol. The van der Waals surface area contributed by atoms with Crippen molar-refractivity contribution in [2.75, 3.05) is 19.7 Å². The lowest BCUT2D eigenvalue weighted by molar-refractivity contribution is -0.117. The van der Waals surface area contributed by atoms with E-state index in [1.54, 1.807) is 6.20 Å². The Morgan fingerprint density at radius 1 is 1.47 bits per heavy atom. The van der Waals surface area contributed by atoms with Gasteiger partial charge in [-0.1, -0.05) is 12.2 Å². The minimum Gasteiger partial charge on any atom is -0.355 e. The number of nitrogens with one attached hydrogen (secondary N) is 1. The van der Waals surface area contributed by atoms with Crippen molar-refractivity contribution in [2.24, 2.45) is 10.7 Å². The van der Waals surface area contributed by atoms with Crippen molar-refractivity contribution in [3.63, 3.8) is 0 Å². The molecule has 2 heterocycles. The van der Waals surface area contributed by atoms with E-state index < -0.39 is 5.60 Å². The van der Waals surface area contributed by atoms with Crippen LogP contribution in [0.5, 0.6) is 0 Å². The van der Waals surface area contributed by atoms with Gasteiger partial charge in [0.1, 0.15) is 0 Å². The van der Waals surface area contributed by atoms with Gasteiger partial charge >= 0.3 is 0 Å². The number of amides is 1. The SMILES string of the molecule is NCCNC(=O)C1=C2C=CN=C3C=CC=CC32OC1. The highest BCUT2D eigenvalue weighted by Crippen LogP contribution is 2.39. The molecule has 0 radical (unpaired) electrons. The van der Waals surface area contributed by atoms with Gasteiger partial charge in [-0.25, -0.2) is 0 Å². The van der Waals surface area contributed by atoms with Gasteiger partial charge in [0, 0.05) is 30.4 Å². The Morgan fingerprint density at radius 2 is 2.37 bits per heavy atom. The number of nitrogens with zero attached hydrogens (tertiary/aromatic N) is 1. The molecule has 1 spiro atoms. The van der Waals surface area contributed by atoms with Gasteiger partial charge in [-0.15, -0.1) is 0 Å². The number of carbonyl (C=O) groups excluding carboxylic acids is 1. The van der Waals surface area contributed by atoms with Gasteiger partial charge in [-0.3, -0.25) is 9.79 Å². The zero-order chi connectivity index (χ0) is 13.3. The molecule has 98 valence electrons. The maximum atomic E-state index is 12.1. The van der Waals surface area contributed by atoms with Crippen molar-refractivity contribution in [2.45, 2.75) is 5.60 Å². The molecule has 5 nitrogen and oxygen atoms in total. The lowest BCUT2D eigenvalue weighted by atomic mass is 9.83. The summed E-state index contributed by atoms with van der Waals surface area (Å²) in [5, 5.41) is 2.78. The van der Waals surface area contributed by atoms with Gasteiger partial charge in [-0.05, 0) is 18.2 Å². The number of allylic oxidation sites excluding steroid dienone is 2. The number of hydrogen-bond acceptors (Lipinski definition) is 4. The first-order chi connectivity index (χ1) is 9.28. The molecule has 0 aromatic carbocycles. The van der Waals surface area contributed by atoms with E-state index in [1.807, 2.05) is 30.4 Å². The third kappa shape index (κ3) is 1.78. The molecule has 1 aliphatic carbocycles. The van der Waals surface area contributed by atoms with Crippen molar-refractivity contribution in [1.29, 1.82) is 0 Å². The zero-order valence-electron chi connectivity index (χ0n) is 10.4. The summed E-state index contributed by atoms with van der Waals surface area (Å²) in [5.74, 6) is -0.119. The first-order valence-corrected chi connectivity index (χ1v) is 6.24. The maximum absolute atomic E-state index is 12.1. The minimum absolute atomic E-state index is 0.119. The molecule has 3 aliphatic rings. The highest BCUT2D eigenvalue weighted by Gasteiger charge is 2.46. The third-order valence-electron chi connectivity index (χ3n) is 3.40. The second kappa shape index (κ2) is 4.60. The molecule has 0 fully saturated rings. The predicted molar refractivity (Wildman–Crippen MR) is 72.6 cm³/mol. The Kier molecular flexibility index (Phi) is 2.93. The van der Waals surface area contributed by atoms with E-state index in [-0.39, 0.29) is 12.5 Å². The summed E-state index contributed by atoms with van der Waals surface area (Å²) >= 11 is 0. The van der Waals surface area contributed by atoms with E-state index in [9.17, 15) is 4.79 Å². The van der Waals surface area contributed by atoms with E-state index in [4.69, 9.17) is 10.5 Å². The molecule has 1 unspecified atom stereocenters. The quantitative estimate of drug-likeness (QED) is 0.759. The molecule has 1 amide bonds. The van der Waals surface area contributed by atoms with Crippen LogP contribution in [-0.4, -0.2) is 36.9 Å². The number of carbonyl (C=O) groups is 1. The van der Waals surface area contributed by atoms with Crippen molar-refractivity contribution in [1.82, 2.24) is 5.32 Å². The molecule has 5 heteroatoms. The van der Waals surface area contributed by atoms with Crippen LogP contribution in [0.25, 0.3) is 0 Å². The van der Waals surface area contributed by atoms with Crippen LogP contribution >= 0.6 is 0 Å². The van der Waals surface area contributed by atoms with Gasteiger partial charge in [-0.2, -0.15) is 0 Å². The van der Waals surface area contributed by atoms with Crippen LogP contribution in [-0.2, 0) is 9.53 Å². The average molecular weight is 257 g/mol. The van der Waals surface area contributed by atoms with E-state index in [0.29, 0.717) is 18.7 Å². The van der Waals surface area contributed by atoms with E-state index >= 15 is 0 Å². The summed E-state index contributed by atoms with van der Waals surface area (Å²) in [6.07, 6.45) is 11.2. The molecule has 1 atom stereocenters. The van der Waals surface area contributed by atoms with Crippen LogP contribution < -0.4 is 11.1 Å². The van der Waals surface area contributed by atoms with Crippen LogP contribution in [0.3, 0.4) is 0 Å². The van der Waals surface area contributed by atoms with E-state index in [2.05, 4.69) is 10.3 Å². The number of rotatable bonds is 3. The van der Waals surface area contributed by atoms with Gasteiger partial charge in [0.2, 0.25) is 5.91 Å². The first kappa shape index (κ1) is 12.1. The van der Waals surface area contributed by atoms with Gasteiger partial charge in [0.25, 0.3) is 0 Å². The van der Waals surface area contributed by atoms with Crippen molar-refractivity contribution in [3.8, 4) is 0 Å². The molecule has 0 aromatic heterocycles. The van der Waals surface area contributed by atoms with Crippen LogP contribution in [0.4, 0.5) is 0 Å². The smallest absolute Gasteiger partial charge is 0.250 e. The number of nitrogens with two attached hydrogens (primary N) is 1. The molecule has 0 saturated carbocycles. The summed E-state index contributed by atoms with van der Waals surface area (Å²) in [6.45, 7) is 1.17. The molecular formula is C14H15N3O2. The standard InChI is InChI=1S/C14H15N3O2/c15-6-8-17-13(18)10-9-19-14-5-2-1-3-12(14)16-7-4-11(10)14/h1-5,7H,6,8-9,15H2,(H,17,18). The van der Waals surface area contributed by atoms with Crippen molar-refractivity contribution < 1.29 is 9.53 Å². The fourth-order valence-electron chi connectivity index (χ4n) is 2.50. The second-order valence-electron chi connectivity index (χ2n) is 4.51. The Bertz CT molecular complexity index is 569. The van der Waals surface area contributed by atoms with Crippen LogP contribution in [0, 0.1) is 0 Å². The molecule has 0 saturated heterocycles. The molecule has 2 aliphatic heterocycles. The first-order valence-electron chi connectivity index (χ1n) is 6.24. The minimum atomic E-state index is -0.682. The Morgan fingerprint density at radius 3 is 3.21 bits per heavy atom. The Hall–Kier alpha value is -1.98. The lowest BCUT2D eigenvalue weighted by Gasteiger charge is -2.30. The number of hydrogen-bond donors (Lipinski definition) is 2. The largest absolute Gasteiger partial charge is 0.355 e. The van der Waals surface area contributed by atoms with Crippen LogP contribution in [0.15, 0.2) is 52.7 Å². The summed E-state index contributed by atoms with van der Waals surface area (Å²) in [4.78, 5) is 16.4. The normalized spacial score (nSPS) is 27.1. The summed E-state index contributed by atoms with van der Waals surface area (Å²) in [5.41, 5.74) is 7.05. The topological polar surface area (TPSA) is 76.7 Å². The Labute approximate surface area is 111 Å². The molecule has 0 aromatic rings. The summed E-state index contributed by atoms with van der Waals surface area (Å²) in [6, 6.07) is 0. The van der Waals surface area contributed by atoms with Gasteiger partial charge < -0.3 is 15.8 Å². The average Bonchev–Trinajstić information content (AvgIpc) is 2.82. The van der Waals surface area contributed by atoms with Gasteiger partial charge in [0.05, 0.1) is 12.3 Å². The van der Waals surface area contributed by atoms with Crippen LogP contribution in [0.2, 0.25) is 0 Å². The highest BCUT2D eigenvalue weighted by atomic mass is 16.5. The molecule has 3 rings (SSSR count). The fraction of sp³-hybridized carbons (Fsp3) is 0.286. The summed E-state index contributed by atoms with van der Waals surface area (Å²) in [7, 11) is 0. The van der Waals surface area contributed by atoms with Crippen LogP contribution in [0.1, 0.15) is 0 Å². The number of aliphatic imine (C=N–C) groups is 1. The predicted octanol–water partition coefficient (Wildman–Crippen LogP) is 0.221.